The van der Waals surface area contributed by atoms with E-state index in [0.29, 0.717) is 0 Å². The molecule has 5 atom stereocenters. The Morgan fingerprint density at radius 1 is 0.500 bits per heavy atom. The van der Waals surface area contributed by atoms with Crippen molar-refractivity contribution >= 4 is 23.9 Å². The van der Waals surface area contributed by atoms with Crippen LogP contribution >= 0.6 is 0 Å². The van der Waals surface area contributed by atoms with E-state index in [0.717, 1.165) is 0 Å². The predicted octanol–water partition coefficient (Wildman–Crippen LogP) is 4.24. The van der Waals surface area contributed by atoms with Crippen LogP contribution in [0.1, 0.15) is 41.4 Å². The average molecular weight is 597 g/mol. The van der Waals surface area contributed by atoms with Gasteiger partial charge in [0, 0.05) is 0 Å². The van der Waals surface area contributed by atoms with Crippen molar-refractivity contribution in [2.45, 2.75) is 30.7 Å². The third-order valence-electron chi connectivity index (χ3n) is 6.76. The van der Waals surface area contributed by atoms with E-state index in [1.165, 1.54) is 36.4 Å². The van der Waals surface area contributed by atoms with Crippen LogP contribution in [0.2, 0.25) is 0 Å². The van der Waals surface area contributed by atoms with Crippen LogP contribution in [0.5, 0.6) is 0 Å². The van der Waals surface area contributed by atoms with Crippen molar-refractivity contribution in [1.82, 2.24) is 0 Å². The molecule has 1 fully saturated rings. The van der Waals surface area contributed by atoms with Crippen LogP contribution in [0.25, 0.3) is 0 Å². The van der Waals surface area contributed by atoms with Gasteiger partial charge in [-0.1, -0.05) is 72.8 Å². The maximum atomic E-state index is 13.3. The second-order valence-corrected chi connectivity index (χ2v) is 9.74. The van der Waals surface area contributed by atoms with Crippen LogP contribution in [-0.4, -0.2) is 66.3 Å². The molecule has 10 heteroatoms. The van der Waals surface area contributed by atoms with E-state index < -0.39 is 61.2 Å². The van der Waals surface area contributed by atoms with Crippen molar-refractivity contribution in [2.75, 3.05) is 6.61 Å². The van der Waals surface area contributed by atoms with Gasteiger partial charge in [-0.05, 0) is 48.5 Å². The van der Waals surface area contributed by atoms with Gasteiger partial charge in [0.25, 0.3) is 0 Å². The minimum absolute atomic E-state index is 0.154. The van der Waals surface area contributed by atoms with Crippen molar-refractivity contribution in [3.8, 4) is 0 Å². The van der Waals surface area contributed by atoms with E-state index >= 15 is 0 Å². The van der Waals surface area contributed by atoms with Gasteiger partial charge in [0.05, 0.1) is 22.3 Å². The first-order chi connectivity index (χ1) is 21.4. The van der Waals surface area contributed by atoms with Crippen LogP contribution in [0, 0.1) is 0 Å². The first-order valence-corrected chi connectivity index (χ1v) is 13.7. The zero-order valence-electron chi connectivity index (χ0n) is 23.3. The fraction of sp³-hybridized carbons (Fsp3) is 0.176. The normalized spacial score (nSPS) is 21.0. The van der Waals surface area contributed by atoms with Gasteiger partial charge in [0.15, 0.2) is 24.6 Å². The Morgan fingerprint density at radius 3 is 1.25 bits per heavy atom. The summed E-state index contributed by atoms with van der Waals surface area (Å²) in [4.78, 5) is 52.3. The van der Waals surface area contributed by atoms with Gasteiger partial charge in [-0.25, -0.2) is 19.2 Å². The quantitative estimate of drug-likeness (QED) is 0.221. The highest BCUT2D eigenvalue weighted by molar-refractivity contribution is 5.91. The molecule has 4 aromatic rings. The lowest BCUT2D eigenvalue weighted by atomic mass is 9.97. The summed E-state index contributed by atoms with van der Waals surface area (Å²) in [6.45, 7) is -0.504. The van der Waals surface area contributed by atoms with Gasteiger partial charge in [0.1, 0.15) is 12.7 Å². The van der Waals surface area contributed by atoms with Gasteiger partial charge >= 0.3 is 23.9 Å². The Labute approximate surface area is 252 Å². The molecule has 1 heterocycles. The Bertz CT molecular complexity index is 1560. The van der Waals surface area contributed by atoms with Gasteiger partial charge in [-0.15, -0.1) is 0 Å². The largest absolute Gasteiger partial charge is 0.459 e. The monoisotopic (exact) mass is 596 g/mol. The third kappa shape index (κ3) is 7.35. The average Bonchev–Trinajstić information content (AvgIpc) is 3.07. The minimum Gasteiger partial charge on any atom is -0.459 e. The number of aliphatic hydroxyl groups is 1. The van der Waals surface area contributed by atoms with Crippen LogP contribution in [0.15, 0.2) is 121 Å². The lowest BCUT2D eigenvalue weighted by Crippen LogP contribution is -2.62. The molecule has 1 N–H and O–H groups in total. The van der Waals surface area contributed by atoms with Crippen LogP contribution < -0.4 is 0 Å². The molecule has 1 unspecified atom stereocenters. The van der Waals surface area contributed by atoms with Crippen LogP contribution in [0.4, 0.5) is 0 Å². The molecular formula is C34H28O10. The van der Waals surface area contributed by atoms with E-state index in [2.05, 4.69) is 0 Å². The van der Waals surface area contributed by atoms with Gasteiger partial charge < -0.3 is 28.8 Å². The number of esters is 4. The van der Waals surface area contributed by atoms with E-state index in [-0.39, 0.29) is 22.3 Å². The predicted molar refractivity (Wildman–Crippen MR) is 155 cm³/mol. The molecule has 0 spiro atoms. The summed E-state index contributed by atoms with van der Waals surface area (Å²) >= 11 is 0. The first kappa shape index (κ1) is 30.1. The maximum Gasteiger partial charge on any atom is 0.338 e. The number of hydrogen-bond acceptors (Lipinski definition) is 10. The first-order valence-electron chi connectivity index (χ1n) is 13.7. The summed E-state index contributed by atoms with van der Waals surface area (Å²) in [6, 6.07) is 32.1. The SMILES string of the molecule is O=C(OCC1O[C@@H](O)[C@@H](OC(=O)c2ccccc2)[C@@H](OC(=O)c2ccccc2)[C@@H]1OC(=O)c1ccccc1)c1ccccc1. The molecule has 4 aromatic carbocycles. The van der Waals surface area contributed by atoms with E-state index in [1.54, 1.807) is 84.9 Å². The van der Waals surface area contributed by atoms with Crippen molar-refractivity contribution < 1.29 is 48.0 Å². The molecule has 5 rings (SSSR count). The second-order valence-electron chi connectivity index (χ2n) is 9.74. The Balaban J connectivity index is 1.48. The number of aliphatic hydroxyl groups excluding tert-OH is 1. The molecule has 0 radical (unpaired) electrons. The number of benzene rings is 4. The molecular weight excluding hydrogens is 568 g/mol. The maximum absolute atomic E-state index is 13.3. The van der Waals surface area contributed by atoms with Gasteiger partial charge in [-0.3, -0.25) is 0 Å². The number of rotatable bonds is 9. The lowest BCUT2D eigenvalue weighted by molar-refractivity contribution is -0.284. The minimum atomic E-state index is -1.86. The summed E-state index contributed by atoms with van der Waals surface area (Å²) < 4.78 is 28.4. The number of ether oxygens (including phenoxy) is 5. The van der Waals surface area contributed by atoms with E-state index in [4.69, 9.17) is 23.7 Å². The number of hydrogen-bond donors (Lipinski definition) is 1. The topological polar surface area (TPSA) is 135 Å². The fourth-order valence-electron chi connectivity index (χ4n) is 4.54. The zero-order chi connectivity index (χ0) is 30.9. The highest BCUT2D eigenvalue weighted by Gasteiger charge is 2.52. The summed E-state index contributed by atoms with van der Waals surface area (Å²) in [6.07, 6.45) is -7.89. The fourth-order valence-corrected chi connectivity index (χ4v) is 4.54. The molecule has 0 aromatic heterocycles. The highest BCUT2D eigenvalue weighted by Crippen LogP contribution is 2.30. The van der Waals surface area contributed by atoms with Crippen molar-refractivity contribution in [3.05, 3.63) is 144 Å². The molecule has 44 heavy (non-hydrogen) atoms. The van der Waals surface area contributed by atoms with Crippen molar-refractivity contribution in [2.24, 2.45) is 0 Å². The van der Waals surface area contributed by atoms with Gasteiger partial charge in [0.2, 0.25) is 0 Å². The molecule has 0 aliphatic carbocycles. The molecule has 224 valence electrons. The van der Waals surface area contributed by atoms with Gasteiger partial charge in [-0.2, -0.15) is 0 Å². The molecule has 10 nitrogen and oxygen atoms in total. The van der Waals surface area contributed by atoms with E-state index in [1.807, 2.05) is 0 Å². The van der Waals surface area contributed by atoms with Crippen molar-refractivity contribution in [3.63, 3.8) is 0 Å². The summed E-state index contributed by atoms with van der Waals surface area (Å²) in [5.74, 6) is -3.21. The molecule has 1 saturated heterocycles. The van der Waals surface area contributed by atoms with Crippen LogP contribution in [-0.2, 0) is 23.7 Å². The molecule has 1 aliphatic rings. The second kappa shape index (κ2) is 14.2. The summed E-state index contributed by atoms with van der Waals surface area (Å²) in [7, 11) is 0. The standard InChI is InChI=1S/C34H28O10/c35-30(22-13-5-1-6-14-22)40-21-26-27(42-31(36)23-15-7-2-8-16-23)28(43-32(37)24-17-9-3-10-18-24)29(34(39)41-26)44-33(38)25-19-11-4-12-20-25/h1-20,26-29,34,39H,21H2/t26?,27-,28+,29+,34-/m1/s1. The lowest BCUT2D eigenvalue weighted by Gasteiger charge is -2.42. The smallest absolute Gasteiger partial charge is 0.338 e. The zero-order valence-corrected chi connectivity index (χ0v) is 23.3. The summed E-state index contributed by atoms with van der Waals surface area (Å²) in [5, 5.41) is 11.1. The number of carbonyl (C=O) groups excluding carboxylic acids is 4. The third-order valence-corrected chi connectivity index (χ3v) is 6.76. The highest BCUT2D eigenvalue weighted by atomic mass is 16.7. The number of carbonyl (C=O) groups is 4. The Morgan fingerprint density at radius 2 is 0.841 bits per heavy atom. The Kier molecular flexibility index (Phi) is 9.75. The molecule has 0 amide bonds. The van der Waals surface area contributed by atoms with Crippen LogP contribution in [0.3, 0.4) is 0 Å². The van der Waals surface area contributed by atoms with Crippen molar-refractivity contribution in [1.29, 1.82) is 0 Å². The molecule has 0 saturated carbocycles. The molecule has 0 bridgehead atoms. The Hall–Kier alpha value is -5.32. The van der Waals surface area contributed by atoms with E-state index in [9.17, 15) is 24.3 Å². The molecule has 1 aliphatic heterocycles. The summed E-state index contributed by atoms with van der Waals surface area (Å²) in [5.41, 5.74) is 0.736.